The summed E-state index contributed by atoms with van der Waals surface area (Å²) in [6.45, 7) is 9.03. The van der Waals surface area contributed by atoms with Gasteiger partial charge in [0.05, 0.1) is 5.03 Å². The van der Waals surface area contributed by atoms with Crippen LogP contribution < -0.4 is 5.73 Å². The van der Waals surface area contributed by atoms with Crippen molar-refractivity contribution in [2.24, 2.45) is 11.7 Å². The first-order valence-corrected chi connectivity index (χ1v) is 11.3. The van der Waals surface area contributed by atoms with Crippen molar-refractivity contribution in [2.45, 2.75) is 59.5 Å². The van der Waals surface area contributed by atoms with Gasteiger partial charge in [-0.05, 0) is 38.3 Å². The molecule has 1 heterocycles. The summed E-state index contributed by atoms with van der Waals surface area (Å²) in [4.78, 5) is 50.6. The van der Waals surface area contributed by atoms with Crippen LogP contribution in [0, 0.1) is 5.92 Å². The standard InChI is InChI=1S/C25H31ClN2O5/c1-6-15(2)12-16(3)9-10-18-13-19-20(14-28(18)11-7-8-21(27)30)23(31)25(5,33-17(4)29)24(32)22(19)26/h9-10,12-15H,6-8,11H2,1-5H3,(H2,27,30)/b10-9+,16-12+/t15-,25-/m0/s1. The van der Waals surface area contributed by atoms with E-state index in [-0.39, 0.29) is 22.6 Å². The summed E-state index contributed by atoms with van der Waals surface area (Å²) in [7, 11) is 0. The van der Waals surface area contributed by atoms with Crippen molar-refractivity contribution in [2.75, 3.05) is 6.54 Å². The van der Waals surface area contributed by atoms with Crippen LogP contribution in [0.1, 0.15) is 53.9 Å². The summed E-state index contributed by atoms with van der Waals surface area (Å²) in [5.74, 6) is -2.15. The van der Waals surface area contributed by atoms with Crippen LogP contribution in [-0.4, -0.2) is 40.5 Å². The fraction of sp³-hybridized carbons (Fsp3) is 0.440. The van der Waals surface area contributed by atoms with Crippen LogP contribution in [-0.2, 0) is 23.9 Å². The minimum Gasteiger partial charge on any atom is -0.443 e. The second-order valence-electron chi connectivity index (χ2n) is 8.52. The monoisotopic (exact) mass is 474 g/mol. The number of carbonyl (C=O) groups is 4. The van der Waals surface area contributed by atoms with E-state index in [1.165, 1.54) is 6.92 Å². The quantitative estimate of drug-likeness (QED) is 0.309. The molecule has 33 heavy (non-hydrogen) atoms. The molecule has 0 radical (unpaired) electrons. The number of amides is 1. The minimum atomic E-state index is -2.02. The predicted octanol–water partition coefficient (Wildman–Crippen LogP) is 3.85. The first-order valence-electron chi connectivity index (χ1n) is 10.9. The van der Waals surface area contributed by atoms with Crippen molar-refractivity contribution < 1.29 is 23.9 Å². The van der Waals surface area contributed by atoms with Gasteiger partial charge in [0.1, 0.15) is 0 Å². The lowest BCUT2D eigenvalue weighted by Gasteiger charge is -2.35. The van der Waals surface area contributed by atoms with Gasteiger partial charge >= 0.3 is 5.97 Å². The molecule has 0 saturated carbocycles. The number of rotatable bonds is 9. The molecular weight excluding hydrogens is 444 g/mol. The molecule has 0 aromatic carbocycles. The summed E-state index contributed by atoms with van der Waals surface area (Å²) in [6.07, 6.45) is 10.9. The normalized spacial score (nSPS) is 22.2. The Hall–Kier alpha value is -2.93. The largest absolute Gasteiger partial charge is 0.443 e. The fourth-order valence-corrected chi connectivity index (χ4v) is 3.98. The van der Waals surface area contributed by atoms with E-state index in [0.717, 1.165) is 18.9 Å². The van der Waals surface area contributed by atoms with E-state index in [0.29, 0.717) is 24.6 Å². The minimum absolute atomic E-state index is 0.167. The van der Waals surface area contributed by atoms with Gasteiger partial charge in [-0.25, -0.2) is 0 Å². The van der Waals surface area contributed by atoms with Gasteiger partial charge in [0.15, 0.2) is 0 Å². The van der Waals surface area contributed by atoms with E-state index in [1.54, 1.807) is 17.2 Å². The van der Waals surface area contributed by atoms with Gasteiger partial charge in [-0.3, -0.25) is 19.2 Å². The van der Waals surface area contributed by atoms with Crippen LogP contribution in [0.4, 0.5) is 0 Å². The summed E-state index contributed by atoms with van der Waals surface area (Å²) in [5.41, 5.74) is 5.47. The van der Waals surface area contributed by atoms with Crippen LogP contribution in [0.15, 0.2) is 58.0 Å². The van der Waals surface area contributed by atoms with Gasteiger partial charge in [0.2, 0.25) is 23.1 Å². The number of nitrogens with two attached hydrogens (primary N) is 1. The maximum atomic E-state index is 13.2. The summed E-state index contributed by atoms with van der Waals surface area (Å²) >= 11 is 6.37. The number of allylic oxidation sites excluding steroid dienone is 6. The molecule has 1 amide bonds. The number of hydrogen-bond donors (Lipinski definition) is 1. The van der Waals surface area contributed by atoms with Crippen molar-refractivity contribution in [3.63, 3.8) is 0 Å². The number of ketones is 2. The Bertz CT molecular complexity index is 1020. The zero-order chi connectivity index (χ0) is 24.9. The highest BCUT2D eigenvalue weighted by Gasteiger charge is 2.52. The van der Waals surface area contributed by atoms with Crippen LogP contribution >= 0.6 is 11.6 Å². The highest BCUT2D eigenvalue weighted by atomic mass is 35.5. The second kappa shape index (κ2) is 10.8. The lowest BCUT2D eigenvalue weighted by atomic mass is 9.79. The lowest BCUT2D eigenvalue weighted by Crippen LogP contribution is -2.52. The molecule has 0 unspecified atom stereocenters. The van der Waals surface area contributed by atoms with Crippen molar-refractivity contribution in [3.8, 4) is 0 Å². The van der Waals surface area contributed by atoms with Crippen LogP contribution in [0.5, 0.6) is 0 Å². The van der Waals surface area contributed by atoms with Crippen LogP contribution in [0.2, 0.25) is 0 Å². The maximum Gasteiger partial charge on any atom is 0.304 e. The van der Waals surface area contributed by atoms with Gasteiger partial charge in [-0.1, -0.05) is 49.6 Å². The molecule has 0 aromatic rings. The SMILES string of the molecule is CC[C@H](C)/C=C(C)/C=C/C1=CC2=C(Cl)C(=O)[C@@](C)(OC(C)=O)C(=O)C2=CN1CCCC(N)=O. The zero-order valence-corrected chi connectivity index (χ0v) is 20.5. The molecule has 2 N–H and O–H groups in total. The predicted molar refractivity (Wildman–Crippen MR) is 127 cm³/mol. The Morgan fingerprint density at radius 1 is 1.27 bits per heavy atom. The third-order valence-electron chi connectivity index (χ3n) is 5.62. The van der Waals surface area contributed by atoms with Crippen molar-refractivity contribution >= 4 is 35.0 Å². The average Bonchev–Trinajstić information content (AvgIpc) is 2.74. The molecule has 2 atom stereocenters. The van der Waals surface area contributed by atoms with Crippen molar-refractivity contribution in [3.05, 3.63) is 58.0 Å². The Balaban J connectivity index is 2.52. The molecule has 7 nitrogen and oxygen atoms in total. The summed E-state index contributed by atoms with van der Waals surface area (Å²) in [6, 6.07) is 0. The van der Waals surface area contributed by atoms with E-state index in [4.69, 9.17) is 22.1 Å². The number of hydrogen-bond acceptors (Lipinski definition) is 6. The summed E-state index contributed by atoms with van der Waals surface area (Å²) < 4.78 is 5.10. The van der Waals surface area contributed by atoms with E-state index in [2.05, 4.69) is 19.9 Å². The molecule has 0 spiro atoms. The van der Waals surface area contributed by atoms with E-state index in [1.807, 2.05) is 19.1 Å². The third-order valence-corrected chi connectivity index (χ3v) is 6.00. The van der Waals surface area contributed by atoms with E-state index >= 15 is 0 Å². The molecule has 0 bridgehead atoms. The number of primary amides is 1. The molecule has 2 rings (SSSR count). The van der Waals surface area contributed by atoms with Gasteiger partial charge in [-0.15, -0.1) is 0 Å². The molecule has 1 aliphatic heterocycles. The van der Waals surface area contributed by atoms with Crippen molar-refractivity contribution in [1.82, 2.24) is 4.90 Å². The van der Waals surface area contributed by atoms with Crippen molar-refractivity contribution in [1.29, 1.82) is 0 Å². The molecule has 0 fully saturated rings. The van der Waals surface area contributed by atoms with E-state index in [9.17, 15) is 19.2 Å². The Labute approximate surface area is 199 Å². The van der Waals surface area contributed by atoms with Gasteiger partial charge in [0, 0.05) is 42.9 Å². The maximum absolute atomic E-state index is 13.2. The first-order chi connectivity index (χ1) is 15.4. The topological polar surface area (TPSA) is 107 Å². The lowest BCUT2D eigenvalue weighted by molar-refractivity contribution is -0.167. The molecule has 0 aromatic heterocycles. The molecule has 8 heteroatoms. The second-order valence-corrected chi connectivity index (χ2v) is 8.90. The number of carbonyl (C=O) groups excluding carboxylic acids is 4. The van der Waals surface area contributed by atoms with Crippen LogP contribution in [0.3, 0.4) is 0 Å². The number of fused-ring (bicyclic) bond motifs is 1. The molecule has 2 aliphatic rings. The third kappa shape index (κ3) is 6.11. The molecular formula is C25H31ClN2O5. The fourth-order valence-electron chi connectivity index (χ4n) is 3.64. The van der Waals surface area contributed by atoms with Gasteiger partial charge in [0.25, 0.3) is 0 Å². The Morgan fingerprint density at radius 2 is 1.94 bits per heavy atom. The number of esters is 1. The van der Waals surface area contributed by atoms with Crippen LogP contribution in [0.25, 0.3) is 0 Å². The Morgan fingerprint density at radius 3 is 2.52 bits per heavy atom. The number of halogens is 1. The van der Waals surface area contributed by atoms with E-state index < -0.39 is 29.0 Å². The molecule has 0 saturated heterocycles. The smallest absolute Gasteiger partial charge is 0.304 e. The highest BCUT2D eigenvalue weighted by molar-refractivity contribution is 6.49. The van der Waals surface area contributed by atoms with Gasteiger partial charge < -0.3 is 15.4 Å². The molecule has 1 aliphatic carbocycles. The molecule has 178 valence electrons. The highest BCUT2D eigenvalue weighted by Crippen LogP contribution is 2.39. The number of ether oxygens (including phenoxy) is 1. The van der Waals surface area contributed by atoms with Gasteiger partial charge in [-0.2, -0.15) is 0 Å². The number of Topliss-reactive ketones (excluding diaryl/α,β-unsaturated/α-hetero) is 2. The zero-order valence-electron chi connectivity index (χ0n) is 19.7. The average molecular weight is 475 g/mol. The number of nitrogens with zero attached hydrogens (tertiary/aromatic N) is 1. The summed E-state index contributed by atoms with van der Waals surface area (Å²) in [5, 5.41) is -0.167. The first kappa shape index (κ1) is 26.3. The Kier molecular flexibility index (Phi) is 8.61.